The van der Waals surface area contributed by atoms with Gasteiger partial charge < -0.3 is 20.3 Å². The summed E-state index contributed by atoms with van der Waals surface area (Å²) in [6.45, 7) is 0. The van der Waals surface area contributed by atoms with E-state index in [0.717, 1.165) is 11.1 Å². The molecule has 1 heterocycles. The molecule has 2 aromatic carbocycles. The second-order valence-electron chi connectivity index (χ2n) is 5.04. The number of rotatable bonds is 2. The van der Waals surface area contributed by atoms with Crippen LogP contribution in [0.25, 0.3) is 0 Å². The molecule has 0 saturated carbocycles. The molecule has 1 aliphatic rings. The fourth-order valence-corrected chi connectivity index (χ4v) is 2.92. The van der Waals surface area contributed by atoms with Crippen molar-refractivity contribution in [3.8, 4) is 23.3 Å². The smallest absolute Gasteiger partial charge is 0.205 e. The number of methoxy groups -OCH3 is 1. The van der Waals surface area contributed by atoms with Crippen LogP contribution in [0.2, 0.25) is 5.02 Å². The van der Waals surface area contributed by atoms with Gasteiger partial charge in [0.25, 0.3) is 0 Å². The molecule has 116 valence electrons. The van der Waals surface area contributed by atoms with E-state index < -0.39 is 5.92 Å². The van der Waals surface area contributed by atoms with Crippen LogP contribution in [0, 0.1) is 11.3 Å². The van der Waals surface area contributed by atoms with Crippen LogP contribution in [0.5, 0.6) is 17.2 Å². The number of benzene rings is 2. The largest absolute Gasteiger partial charge is 0.508 e. The normalized spacial score (nSPS) is 16.3. The monoisotopic (exact) mass is 328 g/mol. The molecule has 1 aliphatic heterocycles. The van der Waals surface area contributed by atoms with Crippen molar-refractivity contribution in [3.63, 3.8) is 0 Å². The van der Waals surface area contributed by atoms with Crippen molar-refractivity contribution in [2.24, 2.45) is 5.73 Å². The summed E-state index contributed by atoms with van der Waals surface area (Å²) in [6, 6.07) is 12.1. The maximum atomic E-state index is 9.63. The fourth-order valence-electron chi connectivity index (χ4n) is 2.65. The van der Waals surface area contributed by atoms with Crippen molar-refractivity contribution in [2.45, 2.75) is 5.92 Å². The highest BCUT2D eigenvalue weighted by Gasteiger charge is 2.31. The zero-order valence-electron chi connectivity index (χ0n) is 12.2. The van der Waals surface area contributed by atoms with Crippen molar-refractivity contribution in [2.75, 3.05) is 7.11 Å². The van der Waals surface area contributed by atoms with Gasteiger partial charge in [0.15, 0.2) is 0 Å². The lowest BCUT2D eigenvalue weighted by Gasteiger charge is -2.26. The third-order valence-corrected chi connectivity index (χ3v) is 4.01. The third-order valence-electron chi connectivity index (χ3n) is 3.71. The van der Waals surface area contributed by atoms with Gasteiger partial charge in [0.1, 0.15) is 28.9 Å². The first kappa shape index (κ1) is 15.1. The first-order valence-corrected chi connectivity index (χ1v) is 7.17. The van der Waals surface area contributed by atoms with Crippen LogP contribution in [-0.4, -0.2) is 12.2 Å². The van der Waals surface area contributed by atoms with Crippen LogP contribution in [0.3, 0.4) is 0 Å². The van der Waals surface area contributed by atoms with E-state index in [9.17, 15) is 10.4 Å². The maximum absolute atomic E-state index is 9.63. The molecule has 0 spiro atoms. The lowest BCUT2D eigenvalue weighted by Crippen LogP contribution is -2.21. The fraction of sp³-hybridized carbons (Fsp3) is 0.118. The summed E-state index contributed by atoms with van der Waals surface area (Å²) >= 11 is 6.20. The summed E-state index contributed by atoms with van der Waals surface area (Å²) in [7, 11) is 1.53. The number of hydrogen-bond donors (Lipinski definition) is 2. The minimum Gasteiger partial charge on any atom is -0.508 e. The molecule has 2 aromatic rings. The Morgan fingerprint density at radius 2 is 2.09 bits per heavy atom. The molecule has 1 atom stereocenters. The number of nitriles is 1. The highest BCUT2D eigenvalue weighted by Crippen LogP contribution is 2.44. The molecule has 3 rings (SSSR count). The standard InChI is InChI=1S/C17H13ClN2O3/c1-22-14-5-2-9(6-13(14)18)16-11-4-3-10(21)7-15(11)23-17(20)12(16)8-19/h2-7,16,21H,20H2,1H3/t16-/m1/s1. The van der Waals surface area contributed by atoms with E-state index in [1.807, 2.05) is 6.07 Å². The van der Waals surface area contributed by atoms with Crippen LogP contribution in [0.15, 0.2) is 47.9 Å². The molecular weight excluding hydrogens is 316 g/mol. The van der Waals surface area contributed by atoms with Gasteiger partial charge in [-0.3, -0.25) is 0 Å². The van der Waals surface area contributed by atoms with Crippen LogP contribution >= 0.6 is 11.6 Å². The summed E-state index contributed by atoms with van der Waals surface area (Å²) in [5, 5.41) is 19.5. The Morgan fingerprint density at radius 3 is 2.74 bits per heavy atom. The lowest BCUT2D eigenvalue weighted by atomic mass is 9.83. The molecule has 6 heteroatoms. The molecule has 0 aromatic heterocycles. The first-order chi connectivity index (χ1) is 11.0. The van der Waals surface area contributed by atoms with E-state index in [1.165, 1.54) is 19.2 Å². The van der Waals surface area contributed by atoms with Crippen molar-refractivity contribution < 1.29 is 14.6 Å². The SMILES string of the molecule is COc1ccc([C@H]2C(C#N)=C(N)Oc3cc(O)ccc32)cc1Cl. The van der Waals surface area contributed by atoms with Crippen molar-refractivity contribution >= 4 is 11.6 Å². The Morgan fingerprint density at radius 1 is 1.30 bits per heavy atom. The van der Waals surface area contributed by atoms with E-state index in [1.54, 1.807) is 18.2 Å². The molecule has 0 saturated heterocycles. The highest BCUT2D eigenvalue weighted by atomic mass is 35.5. The topological polar surface area (TPSA) is 88.5 Å². The summed E-state index contributed by atoms with van der Waals surface area (Å²) in [4.78, 5) is 0. The highest BCUT2D eigenvalue weighted by molar-refractivity contribution is 6.32. The Labute approximate surface area is 138 Å². The van der Waals surface area contributed by atoms with E-state index in [4.69, 9.17) is 26.8 Å². The van der Waals surface area contributed by atoms with Gasteiger partial charge >= 0.3 is 0 Å². The second-order valence-corrected chi connectivity index (χ2v) is 5.45. The number of nitrogens with zero attached hydrogens (tertiary/aromatic N) is 1. The number of nitrogens with two attached hydrogens (primary N) is 1. The lowest BCUT2D eigenvalue weighted by molar-refractivity contribution is 0.388. The van der Waals surface area contributed by atoms with Crippen LogP contribution in [0.4, 0.5) is 0 Å². The van der Waals surface area contributed by atoms with E-state index >= 15 is 0 Å². The number of fused-ring (bicyclic) bond motifs is 1. The van der Waals surface area contributed by atoms with Gasteiger partial charge in [0.2, 0.25) is 5.88 Å². The molecular formula is C17H13ClN2O3. The second kappa shape index (κ2) is 5.75. The molecule has 0 radical (unpaired) electrons. The summed E-state index contributed by atoms with van der Waals surface area (Å²) in [6.07, 6.45) is 0. The van der Waals surface area contributed by atoms with E-state index in [2.05, 4.69) is 6.07 Å². The summed E-state index contributed by atoms with van der Waals surface area (Å²) in [5.41, 5.74) is 7.68. The van der Waals surface area contributed by atoms with Crippen LogP contribution < -0.4 is 15.2 Å². The average Bonchev–Trinajstić information content (AvgIpc) is 2.53. The predicted octanol–water partition coefficient (Wildman–Crippen LogP) is 3.27. The first-order valence-electron chi connectivity index (χ1n) is 6.79. The maximum Gasteiger partial charge on any atom is 0.205 e. The van der Waals surface area contributed by atoms with E-state index in [-0.39, 0.29) is 11.6 Å². The Kier molecular flexibility index (Phi) is 3.77. The molecule has 0 bridgehead atoms. The number of hydrogen-bond acceptors (Lipinski definition) is 5. The van der Waals surface area contributed by atoms with Gasteiger partial charge in [-0.15, -0.1) is 0 Å². The van der Waals surface area contributed by atoms with Crippen LogP contribution in [0.1, 0.15) is 17.0 Å². The number of halogens is 1. The summed E-state index contributed by atoms with van der Waals surface area (Å²) < 4.78 is 10.6. The van der Waals surface area contributed by atoms with Crippen molar-refractivity contribution in [3.05, 3.63) is 64.0 Å². The Hall–Kier alpha value is -2.84. The van der Waals surface area contributed by atoms with E-state index in [0.29, 0.717) is 22.1 Å². The van der Waals surface area contributed by atoms with Crippen molar-refractivity contribution in [1.82, 2.24) is 0 Å². The quantitative estimate of drug-likeness (QED) is 0.883. The number of allylic oxidation sites excluding steroid dienone is 1. The molecule has 0 unspecified atom stereocenters. The predicted molar refractivity (Wildman–Crippen MR) is 85.4 cm³/mol. The zero-order chi connectivity index (χ0) is 16.6. The molecule has 0 aliphatic carbocycles. The molecule has 0 amide bonds. The average molecular weight is 329 g/mol. The third kappa shape index (κ3) is 2.54. The zero-order valence-corrected chi connectivity index (χ0v) is 13.0. The summed E-state index contributed by atoms with van der Waals surface area (Å²) in [5.74, 6) is 0.612. The van der Waals surface area contributed by atoms with Gasteiger partial charge in [-0.2, -0.15) is 5.26 Å². The molecule has 3 N–H and O–H groups in total. The van der Waals surface area contributed by atoms with Gasteiger partial charge in [0.05, 0.1) is 18.1 Å². The number of phenols is 1. The number of ether oxygens (including phenoxy) is 2. The molecule has 0 fully saturated rings. The Bertz CT molecular complexity index is 855. The van der Waals surface area contributed by atoms with Gasteiger partial charge in [-0.1, -0.05) is 23.7 Å². The molecule has 23 heavy (non-hydrogen) atoms. The Balaban J connectivity index is 2.20. The van der Waals surface area contributed by atoms with Crippen LogP contribution in [-0.2, 0) is 0 Å². The van der Waals surface area contributed by atoms with Gasteiger partial charge in [-0.25, -0.2) is 0 Å². The minimum atomic E-state index is -0.423. The number of aromatic hydroxyl groups is 1. The number of phenolic OH excluding ortho intramolecular Hbond substituents is 1. The molecule has 5 nitrogen and oxygen atoms in total. The van der Waals surface area contributed by atoms with Gasteiger partial charge in [-0.05, 0) is 23.8 Å². The minimum absolute atomic E-state index is 0.0162. The van der Waals surface area contributed by atoms with Gasteiger partial charge in [0, 0.05) is 11.6 Å². The van der Waals surface area contributed by atoms with Crippen molar-refractivity contribution in [1.29, 1.82) is 5.26 Å².